The zero-order chi connectivity index (χ0) is 60.8. The third kappa shape index (κ3) is 9.14. The van der Waals surface area contributed by atoms with E-state index < -0.39 is 0 Å². The molecule has 0 bridgehead atoms. The Morgan fingerprint density at radius 3 is 1.17 bits per heavy atom. The number of hydrogen-bond acceptors (Lipinski definition) is 7. The van der Waals surface area contributed by atoms with Gasteiger partial charge >= 0.3 is 0 Å². The van der Waals surface area contributed by atoms with Gasteiger partial charge in [0, 0.05) is 49.5 Å². The van der Waals surface area contributed by atoms with E-state index in [0.29, 0.717) is 56.5 Å². The lowest BCUT2D eigenvalue weighted by atomic mass is 9.94. The Balaban J connectivity index is 1.04. The van der Waals surface area contributed by atoms with Crippen molar-refractivity contribution < 1.29 is 0 Å². The maximum atomic E-state index is 11.0. The van der Waals surface area contributed by atoms with Gasteiger partial charge in [0.2, 0.25) is 0 Å². The molecule has 0 aliphatic carbocycles. The van der Waals surface area contributed by atoms with E-state index in [0.717, 1.165) is 116 Å². The van der Waals surface area contributed by atoms with Crippen LogP contribution in [0.25, 0.3) is 150 Å². The molecule has 90 heavy (non-hydrogen) atoms. The van der Waals surface area contributed by atoms with Crippen molar-refractivity contribution in [1.29, 1.82) is 21.0 Å². The van der Waals surface area contributed by atoms with Gasteiger partial charge in [0.25, 0.3) is 0 Å². The molecule has 0 amide bonds. The highest BCUT2D eigenvalue weighted by Crippen LogP contribution is 2.46. The van der Waals surface area contributed by atoms with E-state index >= 15 is 0 Å². The average molecular weight is 1150 g/mol. The quantitative estimate of drug-likeness (QED) is 0.124. The van der Waals surface area contributed by atoms with Gasteiger partial charge in [-0.15, -0.1) is 0 Å². The van der Waals surface area contributed by atoms with Crippen LogP contribution in [0.5, 0.6) is 0 Å². The van der Waals surface area contributed by atoms with Gasteiger partial charge in [0.15, 0.2) is 23.2 Å². The zero-order valence-corrected chi connectivity index (χ0v) is 47.9. The molecule has 0 saturated carbocycles. The third-order valence-electron chi connectivity index (χ3n) is 16.8. The van der Waals surface area contributed by atoms with Crippen LogP contribution in [-0.2, 0) is 0 Å². The fourth-order valence-electron chi connectivity index (χ4n) is 12.6. The average Bonchev–Trinajstić information content (AvgIpc) is 1.64. The molecular formula is C80H44N10. The van der Waals surface area contributed by atoms with Crippen molar-refractivity contribution >= 4 is 49.3 Å². The molecule has 0 aliphatic rings. The van der Waals surface area contributed by atoms with Crippen molar-refractivity contribution in [1.82, 2.24) is 24.1 Å². The van der Waals surface area contributed by atoms with E-state index in [1.165, 1.54) is 0 Å². The fraction of sp³-hybridized carbons (Fsp3) is 0. The van der Waals surface area contributed by atoms with Gasteiger partial charge in [-0.05, 0) is 153 Å². The van der Waals surface area contributed by atoms with Gasteiger partial charge in [-0.2, -0.15) is 21.0 Å². The predicted octanol–water partition coefficient (Wildman–Crippen LogP) is 19.4. The van der Waals surface area contributed by atoms with Crippen molar-refractivity contribution in [2.45, 2.75) is 0 Å². The lowest BCUT2D eigenvalue weighted by Gasteiger charge is -2.19. The second-order valence-corrected chi connectivity index (χ2v) is 21.8. The Labute approximate surface area is 517 Å². The Bertz CT molecular complexity index is 5400. The number of benzene rings is 12. The first kappa shape index (κ1) is 53.4. The van der Waals surface area contributed by atoms with Gasteiger partial charge in [-0.1, -0.05) is 164 Å². The molecular weight excluding hydrogens is 1100 g/mol. The fourth-order valence-corrected chi connectivity index (χ4v) is 12.6. The minimum absolute atomic E-state index is 0.410. The van der Waals surface area contributed by atoms with Crippen LogP contribution in [0.1, 0.15) is 22.3 Å². The lowest BCUT2D eigenvalue weighted by Crippen LogP contribution is -2.04. The lowest BCUT2D eigenvalue weighted by molar-refractivity contribution is 1.07. The summed E-state index contributed by atoms with van der Waals surface area (Å²) < 4.78 is 4.48. The number of aromatic nitrogens is 5. The van der Waals surface area contributed by atoms with Crippen LogP contribution in [-0.4, -0.2) is 24.1 Å². The van der Waals surface area contributed by atoms with E-state index in [9.17, 15) is 21.0 Å². The van der Waals surface area contributed by atoms with E-state index in [1.54, 1.807) is 0 Å². The van der Waals surface area contributed by atoms with Crippen LogP contribution >= 0.6 is 0 Å². The van der Waals surface area contributed by atoms with Gasteiger partial charge < -0.3 is 9.13 Å². The maximum absolute atomic E-state index is 11.0. The van der Waals surface area contributed by atoms with E-state index in [1.807, 2.05) is 176 Å². The van der Waals surface area contributed by atoms with E-state index in [-0.39, 0.29) is 0 Å². The highest BCUT2D eigenvalue weighted by Gasteiger charge is 2.25. The molecule has 0 spiro atoms. The molecule has 12 aromatic carbocycles. The molecule has 0 fully saturated rings. The maximum Gasteiger partial charge on any atom is 0.194 e. The first-order valence-electron chi connectivity index (χ1n) is 29.1. The summed E-state index contributed by atoms with van der Waals surface area (Å²) in [6.45, 7) is 8.11. The van der Waals surface area contributed by atoms with Crippen LogP contribution < -0.4 is 0 Å². The molecule has 0 radical (unpaired) electrons. The summed E-state index contributed by atoms with van der Waals surface area (Å²) >= 11 is 0. The molecule has 414 valence electrons. The number of nitriles is 4. The number of nitrogens with zero attached hydrogens (tertiary/aromatic N) is 10. The first-order valence-corrected chi connectivity index (χ1v) is 29.1. The largest absolute Gasteiger partial charge is 0.309 e. The van der Waals surface area contributed by atoms with Crippen molar-refractivity contribution in [3.05, 3.63) is 301 Å². The van der Waals surface area contributed by atoms with Crippen LogP contribution in [0.3, 0.4) is 0 Å². The molecule has 0 unspecified atom stereocenters. The van der Waals surface area contributed by atoms with Gasteiger partial charge in [0.1, 0.15) is 0 Å². The summed E-state index contributed by atoms with van der Waals surface area (Å²) in [7, 11) is 0. The Kier molecular flexibility index (Phi) is 13.2. The van der Waals surface area contributed by atoms with E-state index in [4.69, 9.17) is 21.5 Å². The van der Waals surface area contributed by atoms with Gasteiger partial charge in [0.05, 0.1) is 80.9 Å². The molecule has 0 saturated heterocycles. The summed E-state index contributed by atoms with van der Waals surface area (Å²) in [6, 6.07) is 97.2. The monoisotopic (exact) mass is 1140 g/mol. The Morgan fingerprint density at radius 2 is 0.711 bits per heavy atom. The minimum Gasteiger partial charge on any atom is -0.309 e. The van der Waals surface area contributed by atoms with Crippen molar-refractivity contribution in [3.8, 4) is 125 Å². The molecule has 0 atom stereocenters. The molecule has 3 aromatic heterocycles. The summed E-state index contributed by atoms with van der Waals surface area (Å²) in [6.07, 6.45) is 0. The second kappa shape index (κ2) is 22.3. The molecule has 10 heteroatoms. The summed E-state index contributed by atoms with van der Waals surface area (Å²) in [5.74, 6) is 1.38. The standard InChI is InChI=1S/C80H44N10/c1-85-72-27-15-14-26-64(72)56-32-37-74-69(44-56)68-41-53(61-23-11-8-20-57(61)47-82)29-36-73(68)89(74)60-33-34-65(80-87-78(51-16-4-2-5-17-51)86-79(88-80)52-18-6-3-7-19-52)66(45-60)67-40-50(46-81)28-35-75(67)90-76-38-30-54(62-24-12-9-21-58(62)48-83)42-70(76)71-43-55(31-39-77(71)90)63-25-13-10-22-59(63)49-84/h2-45H. The summed E-state index contributed by atoms with van der Waals surface area (Å²) in [5.41, 5.74) is 18.1. The Hall–Kier alpha value is -13.3. The van der Waals surface area contributed by atoms with Crippen molar-refractivity contribution in [2.24, 2.45) is 0 Å². The number of rotatable bonds is 10. The van der Waals surface area contributed by atoms with Crippen LogP contribution in [0.2, 0.25) is 0 Å². The van der Waals surface area contributed by atoms with E-state index in [2.05, 4.69) is 129 Å². The molecule has 15 rings (SSSR count). The smallest absolute Gasteiger partial charge is 0.194 e. The topological polar surface area (TPSA) is 148 Å². The highest BCUT2D eigenvalue weighted by molar-refractivity contribution is 6.14. The molecule has 15 aromatic rings. The number of hydrogen-bond donors (Lipinski definition) is 0. The molecule has 0 aliphatic heterocycles. The predicted molar refractivity (Wildman–Crippen MR) is 357 cm³/mol. The normalized spacial score (nSPS) is 11.1. The van der Waals surface area contributed by atoms with Crippen LogP contribution in [0.4, 0.5) is 5.69 Å². The van der Waals surface area contributed by atoms with Crippen LogP contribution in [0.15, 0.2) is 267 Å². The van der Waals surface area contributed by atoms with Crippen molar-refractivity contribution in [2.75, 3.05) is 0 Å². The minimum atomic E-state index is 0.410. The SMILES string of the molecule is [C-]#[N+]c1ccccc1-c1ccc2c(c1)c1cc(-c3ccccc3C#N)ccc1n2-c1ccc(-c2nc(-c3ccccc3)nc(-c3ccccc3)n2)c(-c2cc(C#N)ccc2-n2c3ccc(-c4ccccc4C#N)cc3c3cc(-c4ccccc4C#N)ccc32)c1. The first-order chi connectivity index (χ1) is 44.4. The third-order valence-corrected chi connectivity index (χ3v) is 16.8. The zero-order valence-electron chi connectivity index (χ0n) is 47.9. The van der Waals surface area contributed by atoms with Crippen molar-refractivity contribution in [3.63, 3.8) is 0 Å². The molecule has 0 N–H and O–H groups in total. The number of fused-ring (bicyclic) bond motifs is 6. The Morgan fingerprint density at radius 1 is 0.300 bits per heavy atom. The van der Waals surface area contributed by atoms with Gasteiger partial charge in [-0.3, -0.25) is 0 Å². The van der Waals surface area contributed by atoms with Gasteiger partial charge in [-0.25, -0.2) is 19.8 Å². The molecule has 3 heterocycles. The summed E-state index contributed by atoms with van der Waals surface area (Å²) in [4.78, 5) is 19.7. The highest BCUT2D eigenvalue weighted by atomic mass is 15.0. The second-order valence-electron chi connectivity index (χ2n) is 21.8. The van der Waals surface area contributed by atoms with Crippen LogP contribution in [0, 0.1) is 51.9 Å². The summed E-state index contributed by atoms with van der Waals surface area (Å²) in [5, 5.41) is 45.7. The molecule has 10 nitrogen and oxygen atoms in total. The number of para-hydroxylation sites is 1.